The molecule has 3 rings (SSSR count). The predicted octanol–water partition coefficient (Wildman–Crippen LogP) is 4.05. The normalized spacial score (nSPS) is 14.1. The van der Waals surface area contributed by atoms with Crippen LogP contribution >= 0.6 is 0 Å². The van der Waals surface area contributed by atoms with E-state index in [0.29, 0.717) is 24.3 Å². The van der Waals surface area contributed by atoms with Crippen molar-refractivity contribution in [3.63, 3.8) is 0 Å². The molecule has 4 heteroatoms. The number of nitrogens with zero attached hydrogens (tertiary/aromatic N) is 1. The molecule has 1 aliphatic rings. The molecular formula is C21H23NO3. The number of imide groups is 1. The van der Waals surface area contributed by atoms with Crippen LogP contribution in [0.25, 0.3) is 0 Å². The molecule has 2 amide bonds. The second kappa shape index (κ2) is 6.81. The Hall–Kier alpha value is -2.46. The summed E-state index contributed by atoms with van der Waals surface area (Å²) < 4.78 is 5.72. The van der Waals surface area contributed by atoms with Crippen LogP contribution in [0.5, 0.6) is 0 Å². The highest BCUT2D eigenvalue weighted by Gasteiger charge is 2.34. The van der Waals surface area contributed by atoms with Gasteiger partial charge in [-0.2, -0.15) is 0 Å². The van der Waals surface area contributed by atoms with Gasteiger partial charge in [-0.1, -0.05) is 57.2 Å². The number of carbonyl (C=O) groups is 2. The smallest absolute Gasteiger partial charge is 0.261 e. The summed E-state index contributed by atoms with van der Waals surface area (Å²) in [6.07, 6.45) is 0. The third kappa shape index (κ3) is 3.97. The zero-order chi connectivity index (χ0) is 18.0. The molecular weight excluding hydrogens is 314 g/mol. The fraction of sp³-hybridized carbons (Fsp3) is 0.333. The number of fused-ring (bicyclic) bond motifs is 1. The molecule has 0 unspecified atom stereocenters. The highest BCUT2D eigenvalue weighted by atomic mass is 16.5. The van der Waals surface area contributed by atoms with E-state index in [1.54, 1.807) is 24.3 Å². The van der Waals surface area contributed by atoms with Gasteiger partial charge in [0.2, 0.25) is 0 Å². The van der Waals surface area contributed by atoms with Crippen LogP contribution in [0.1, 0.15) is 52.6 Å². The van der Waals surface area contributed by atoms with Gasteiger partial charge in [-0.3, -0.25) is 14.5 Å². The summed E-state index contributed by atoms with van der Waals surface area (Å²) in [5, 5.41) is 0. The lowest BCUT2D eigenvalue weighted by atomic mass is 9.99. The Bertz CT molecular complexity index is 753. The van der Waals surface area contributed by atoms with Crippen LogP contribution in [0.2, 0.25) is 0 Å². The van der Waals surface area contributed by atoms with Crippen LogP contribution in [0.3, 0.4) is 0 Å². The lowest BCUT2D eigenvalue weighted by Crippen LogP contribution is -2.29. The maximum Gasteiger partial charge on any atom is 0.261 e. The summed E-state index contributed by atoms with van der Waals surface area (Å²) >= 11 is 0. The quantitative estimate of drug-likeness (QED) is 0.774. The monoisotopic (exact) mass is 337 g/mol. The summed E-state index contributed by atoms with van der Waals surface area (Å²) in [5.41, 5.74) is 3.12. The van der Waals surface area contributed by atoms with Gasteiger partial charge in [-0.25, -0.2) is 0 Å². The minimum Gasteiger partial charge on any atom is -0.376 e. The minimum absolute atomic E-state index is 0.144. The molecule has 0 aliphatic carbocycles. The first-order chi connectivity index (χ1) is 11.8. The lowest BCUT2D eigenvalue weighted by molar-refractivity contribution is 0.0598. The van der Waals surface area contributed by atoms with E-state index in [4.69, 9.17) is 4.74 Å². The molecule has 0 radical (unpaired) electrons. The summed E-state index contributed by atoms with van der Waals surface area (Å²) in [6, 6.07) is 14.8. The number of amides is 2. The zero-order valence-electron chi connectivity index (χ0n) is 14.9. The molecule has 0 saturated carbocycles. The highest BCUT2D eigenvalue weighted by molar-refractivity contribution is 6.21. The molecule has 130 valence electrons. The Morgan fingerprint density at radius 1 is 0.840 bits per heavy atom. The average molecular weight is 337 g/mol. The van der Waals surface area contributed by atoms with E-state index in [2.05, 4.69) is 20.8 Å². The molecule has 1 aliphatic heterocycles. The van der Waals surface area contributed by atoms with Gasteiger partial charge in [0.15, 0.2) is 0 Å². The Morgan fingerprint density at radius 3 is 1.88 bits per heavy atom. The van der Waals surface area contributed by atoms with Crippen molar-refractivity contribution < 1.29 is 14.3 Å². The molecule has 0 atom stereocenters. The van der Waals surface area contributed by atoms with Crippen LogP contribution in [0.4, 0.5) is 0 Å². The van der Waals surface area contributed by atoms with Crippen molar-refractivity contribution in [1.29, 1.82) is 0 Å². The van der Waals surface area contributed by atoms with Gasteiger partial charge in [0.25, 0.3) is 11.8 Å². The van der Waals surface area contributed by atoms with Crippen molar-refractivity contribution in [1.82, 2.24) is 4.90 Å². The van der Waals surface area contributed by atoms with Crippen molar-refractivity contribution in [3.05, 3.63) is 70.8 Å². The Balaban J connectivity index is 1.63. The molecule has 2 aromatic carbocycles. The molecule has 0 aromatic heterocycles. The van der Waals surface area contributed by atoms with Crippen LogP contribution in [-0.4, -0.2) is 23.3 Å². The molecule has 1 heterocycles. The molecule has 25 heavy (non-hydrogen) atoms. The first-order valence-electron chi connectivity index (χ1n) is 8.46. The molecule has 0 fully saturated rings. The maximum atomic E-state index is 12.4. The number of hydrogen-bond acceptors (Lipinski definition) is 3. The van der Waals surface area contributed by atoms with E-state index in [1.807, 2.05) is 24.3 Å². The van der Waals surface area contributed by atoms with Crippen LogP contribution in [-0.2, 0) is 17.9 Å². The molecule has 2 aromatic rings. The first kappa shape index (κ1) is 17.4. The number of ether oxygens (including phenoxy) is 1. The fourth-order valence-corrected chi connectivity index (χ4v) is 2.78. The predicted molar refractivity (Wildman–Crippen MR) is 96.2 cm³/mol. The van der Waals surface area contributed by atoms with Crippen molar-refractivity contribution in [2.75, 3.05) is 6.61 Å². The van der Waals surface area contributed by atoms with E-state index < -0.39 is 0 Å². The van der Waals surface area contributed by atoms with Gasteiger partial charge < -0.3 is 4.74 Å². The Labute approximate surface area is 148 Å². The third-order valence-electron chi connectivity index (χ3n) is 4.05. The van der Waals surface area contributed by atoms with Crippen molar-refractivity contribution >= 4 is 11.8 Å². The van der Waals surface area contributed by atoms with Gasteiger partial charge in [-0.15, -0.1) is 0 Å². The van der Waals surface area contributed by atoms with Gasteiger partial charge in [-0.05, 0) is 28.7 Å². The minimum atomic E-state index is -0.224. The van der Waals surface area contributed by atoms with E-state index in [1.165, 1.54) is 4.90 Å². The summed E-state index contributed by atoms with van der Waals surface area (Å²) in [4.78, 5) is 26.1. The molecule has 4 nitrogen and oxygen atoms in total. The third-order valence-corrected chi connectivity index (χ3v) is 4.05. The van der Waals surface area contributed by atoms with Gasteiger partial charge in [0.05, 0.1) is 30.9 Å². The fourth-order valence-electron chi connectivity index (χ4n) is 2.78. The van der Waals surface area contributed by atoms with E-state index in [0.717, 1.165) is 11.1 Å². The lowest BCUT2D eigenvalue weighted by Gasteiger charge is -2.18. The average Bonchev–Trinajstić information content (AvgIpc) is 2.81. The van der Waals surface area contributed by atoms with Crippen molar-refractivity contribution in [2.24, 2.45) is 5.41 Å². The standard InChI is InChI=1S/C21H23NO3/c1-21(2,3)14-25-13-16-10-8-15(9-11-16)12-22-19(23)17-6-4-5-7-18(17)20(22)24/h4-11H,12-14H2,1-3H3. The van der Waals surface area contributed by atoms with Crippen molar-refractivity contribution in [2.45, 2.75) is 33.9 Å². The summed E-state index contributed by atoms with van der Waals surface area (Å²) in [5.74, 6) is -0.448. The Morgan fingerprint density at radius 2 is 1.36 bits per heavy atom. The Kier molecular flexibility index (Phi) is 4.73. The number of hydrogen-bond donors (Lipinski definition) is 0. The van der Waals surface area contributed by atoms with Crippen LogP contribution in [0, 0.1) is 5.41 Å². The van der Waals surface area contributed by atoms with E-state index >= 15 is 0 Å². The second-order valence-electron chi connectivity index (χ2n) is 7.61. The molecule has 0 bridgehead atoms. The van der Waals surface area contributed by atoms with Gasteiger partial charge in [0, 0.05) is 0 Å². The topological polar surface area (TPSA) is 46.6 Å². The van der Waals surface area contributed by atoms with E-state index in [9.17, 15) is 9.59 Å². The summed E-state index contributed by atoms with van der Waals surface area (Å²) in [6.45, 7) is 7.96. The highest BCUT2D eigenvalue weighted by Crippen LogP contribution is 2.24. The number of benzene rings is 2. The number of carbonyl (C=O) groups excluding carboxylic acids is 2. The van der Waals surface area contributed by atoms with Crippen LogP contribution < -0.4 is 0 Å². The zero-order valence-corrected chi connectivity index (χ0v) is 14.9. The van der Waals surface area contributed by atoms with E-state index in [-0.39, 0.29) is 23.8 Å². The SMILES string of the molecule is CC(C)(C)COCc1ccc(CN2C(=O)c3ccccc3C2=O)cc1. The molecule has 0 saturated heterocycles. The maximum absolute atomic E-state index is 12.4. The van der Waals surface area contributed by atoms with Gasteiger partial charge >= 0.3 is 0 Å². The van der Waals surface area contributed by atoms with Gasteiger partial charge in [0.1, 0.15) is 0 Å². The first-order valence-corrected chi connectivity index (χ1v) is 8.46. The summed E-state index contributed by atoms with van der Waals surface area (Å²) in [7, 11) is 0. The van der Waals surface area contributed by atoms with Crippen molar-refractivity contribution in [3.8, 4) is 0 Å². The molecule has 0 spiro atoms. The largest absolute Gasteiger partial charge is 0.376 e. The van der Waals surface area contributed by atoms with Crippen LogP contribution in [0.15, 0.2) is 48.5 Å². The molecule has 0 N–H and O–H groups in total. The second-order valence-corrected chi connectivity index (χ2v) is 7.61. The number of rotatable bonds is 5.